The molecule has 2 aromatic carbocycles. The quantitative estimate of drug-likeness (QED) is 0.748. The Balaban J connectivity index is 1.77. The second kappa shape index (κ2) is 4.03. The summed E-state index contributed by atoms with van der Waals surface area (Å²) in [4.78, 5) is 12.8. The van der Waals surface area contributed by atoms with Gasteiger partial charge in [0.2, 0.25) is 5.88 Å². The maximum Gasteiger partial charge on any atom is 0.336 e. The number of benzene rings is 2. The lowest BCUT2D eigenvalue weighted by Crippen LogP contribution is -2.25. The summed E-state index contributed by atoms with van der Waals surface area (Å²) in [5.41, 5.74) is 1.48. The molecule has 2 bridgehead atoms. The first-order valence-corrected chi connectivity index (χ1v) is 7.79. The van der Waals surface area contributed by atoms with E-state index in [2.05, 4.69) is 0 Å². The lowest BCUT2D eigenvalue weighted by molar-refractivity contribution is 0.428. The molecule has 110 valence electrons. The van der Waals surface area contributed by atoms with Crippen molar-refractivity contribution >= 4 is 10.8 Å². The Morgan fingerprint density at radius 2 is 1.86 bits per heavy atom. The average Bonchev–Trinajstić information content (AvgIpc) is 3.21. The van der Waals surface area contributed by atoms with E-state index in [4.69, 9.17) is 0 Å². The van der Waals surface area contributed by atoms with Crippen LogP contribution in [0.15, 0.2) is 47.3 Å². The zero-order valence-corrected chi connectivity index (χ0v) is 12.1. The van der Waals surface area contributed by atoms with E-state index in [-0.39, 0.29) is 17.6 Å². The van der Waals surface area contributed by atoms with Crippen LogP contribution in [0, 0.1) is 0 Å². The molecule has 1 aliphatic heterocycles. The van der Waals surface area contributed by atoms with Crippen LogP contribution in [0.2, 0.25) is 0 Å². The van der Waals surface area contributed by atoms with Gasteiger partial charge in [-0.3, -0.25) is 4.57 Å². The first-order valence-electron chi connectivity index (χ1n) is 7.79. The number of aromatic hydroxyl groups is 1. The van der Waals surface area contributed by atoms with Gasteiger partial charge in [-0.1, -0.05) is 30.3 Å². The third kappa shape index (κ3) is 1.39. The molecule has 2 aliphatic rings. The summed E-state index contributed by atoms with van der Waals surface area (Å²) in [6.45, 7) is 0. The molecule has 0 amide bonds. The minimum absolute atomic E-state index is 0.102. The van der Waals surface area contributed by atoms with Crippen molar-refractivity contribution in [1.29, 1.82) is 0 Å². The number of rotatable bonds is 1. The lowest BCUT2D eigenvalue weighted by Gasteiger charge is -2.11. The average molecular weight is 292 g/mol. The largest absolute Gasteiger partial charge is 0.493 e. The topological polar surface area (TPSA) is 47.2 Å². The van der Waals surface area contributed by atoms with Crippen molar-refractivity contribution in [3.8, 4) is 11.6 Å². The summed E-state index contributed by atoms with van der Waals surface area (Å²) in [6.07, 6.45) is 3.15. The van der Waals surface area contributed by atoms with Crippen LogP contribution in [0.1, 0.15) is 36.9 Å². The van der Waals surface area contributed by atoms with Crippen LogP contribution in [-0.2, 0) is 0 Å². The third-order valence-electron chi connectivity index (χ3n) is 5.25. The van der Waals surface area contributed by atoms with E-state index in [1.807, 2.05) is 47.0 Å². The normalized spacial score (nSPS) is 22.4. The molecule has 4 nitrogen and oxygen atoms in total. The van der Waals surface area contributed by atoms with Gasteiger partial charge in [-0.2, -0.15) is 0 Å². The van der Waals surface area contributed by atoms with Crippen molar-refractivity contribution in [2.75, 3.05) is 0 Å². The van der Waals surface area contributed by atoms with Crippen molar-refractivity contribution < 1.29 is 5.11 Å². The van der Waals surface area contributed by atoms with E-state index >= 15 is 0 Å². The number of nitrogens with zero attached hydrogens (tertiary/aromatic N) is 2. The second-order valence-corrected chi connectivity index (χ2v) is 6.39. The number of fused-ring (bicyclic) bond motifs is 6. The number of hydrogen-bond donors (Lipinski definition) is 1. The molecule has 2 unspecified atom stereocenters. The van der Waals surface area contributed by atoms with Crippen molar-refractivity contribution in [1.82, 2.24) is 9.13 Å². The highest BCUT2D eigenvalue weighted by Crippen LogP contribution is 2.50. The van der Waals surface area contributed by atoms with Crippen LogP contribution in [0.5, 0.6) is 5.88 Å². The molecule has 0 radical (unpaired) electrons. The Morgan fingerprint density at radius 1 is 1.05 bits per heavy atom. The standard InChI is InChI=1S/C18H16N2O2/c21-17-16-13-6-8-14(10-13)19(16)18(22)20(17)15-7-5-11-3-1-2-4-12(11)9-15/h1-5,7,9,13-14,21H,6,8,10H2. The molecular weight excluding hydrogens is 276 g/mol. The second-order valence-electron chi connectivity index (χ2n) is 6.39. The van der Waals surface area contributed by atoms with Gasteiger partial charge in [0.05, 0.1) is 11.4 Å². The highest BCUT2D eigenvalue weighted by Gasteiger charge is 2.42. The molecule has 2 heterocycles. The van der Waals surface area contributed by atoms with Gasteiger partial charge in [0, 0.05) is 12.0 Å². The smallest absolute Gasteiger partial charge is 0.336 e. The highest BCUT2D eigenvalue weighted by atomic mass is 16.3. The molecule has 2 atom stereocenters. The Labute approximate surface area is 127 Å². The number of aromatic nitrogens is 2. The van der Waals surface area contributed by atoms with Gasteiger partial charge in [-0.15, -0.1) is 0 Å². The first-order chi connectivity index (χ1) is 10.7. The van der Waals surface area contributed by atoms with Crippen molar-refractivity contribution in [3.63, 3.8) is 0 Å². The Hall–Kier alpha value is -2.49. The van der Waals surface area contributed by atoms with Gasteiger partial charge in [-0.05, 0) is 42.2 Å². The van der Waals surface area contributed by atoms with Crippen LogP contribution in [0.4, 0.5) is 0 Å². The monoisotopic (exact) mass is 292 g/mol. The molecule has 1 aromatic heterocycles. The minimum atomic E-state index is -0.102. The summed E-state index contributed by atoms with van der Waals surface area (Å²) in [5, 5.41) is 12.8. The Kier molecular flexibility index (Phi) is 2.22. The van der Waals surface area contributed by atoms with Crippen LogP contribution in [0.3, 0.4) is 0 Å². The molecule has 0 saturated heterocycles. The fourth-order valence-corrected chi connectivity index (χ4v) is 4.24. The Bertz CT molecular complexity index is 967. The maximum absolute atomic E-state index is 12.8. The van der Waals surface area contributed by atoms with E-state index in [1.165, 1.54) is 4.57 Å². The molecule has 1 N–H and O–H groups in total. The van der Waals surface area contributed by atoms with Crippen molar-refractivity contribution in [2.24, 2.45) is 0 Å². The van der Waals surface area contributed by atoms with Crippen LogP contribution < -0.4 is 5.69 Å². The highest BCUT2D eigenvalue weighted by molar-refractivity contribution is 5.84. The van der Waals surface area contributed by atoms with Crippen LogP contribution >= 0.6 is 0 Å². The Morgan fingerprint density at radius 3 is 2.68 bits per heavy atom. The van der Waals surface area contributed by atoms with Gasteiger partial charge in [0.15, 0.2) is 0 Å². The molecule has 22 heavy (non-hydrogen) atoms. The van der Waals surface area contributed by atoms with Crippen molar-refractivity contribution in [2.45, 2.75) is 31.2 Å². The van der Waals surface area contributed by atoms with Gasteiger partial charge in [0.25, 0.3) is 0 Å². The van der Waals surface area contributed by atoms with Gasteiger partial charge in [-0.25, -0.2) is 9.36 Å². The molecule has 3 aromatic rings. The van der Waals surface area contributed by atoms with Gasteiger partial charge >= 0.3 is 5.69 Å². The van der Waals surface area contributed by atoms with E-state index in [0.717, 1.165) is 41.4 Å². The predicted octanol–water partition coefficient (Wildman–Crippen LogP) is 3.32. The number of hydrogen-bond acceptors (Lipinski definition) is 2. The van der Waals surface area contributed by atoms with Crippen LogP contribution in [-0.4, -0.2) is 14.2 Å². The SMILES string of the molecule is O=c1n(-c2ccc3ccccc3c2)c(O)c2n1C1CCC2C1. The van der Waals surface area contributed by atoms with E-state index in [0.29, 0.717) is 5.92 Å². The number of imidazole rings is 1. The van der Waals surface area contributed by atoms with E-state index in [9.17, 15) is 9.90 Å². The molecular formula is C18H16N2O2. The first kappa shape index (κ1) is 12.1. The molecule has 5 rings (SSSR count). The summed E-state index contributed by atoms with van der Waals surface area (Å²) in [6, 6.07) is 14.2. The fourth-order valence-electron chi connectivity index (χ4n) is 4.24. The predicted molar refractivity (Wildman–Crippen MR) is 84.8 cm³/mol. The summed E-state index contributed by atoms with van der Waals surface area (Å²) < 4.78 is 3.28. The zero-order valence-electron chi connectivity index (χ0n) is 12.1. The zero-order chi connectivity index (χ0) is 14.8. The van der Waals surface area contributed by atoms with Crippen LogP contribution in [0.25, 0.3) is 16.5 Å². The molecule has 4 heteroatoms. The molecule has 0 spiro atoms. The van der Waals surface area contributed by atoms with Gasteiger partial charge in [0.1, 0.15) is 0 Å². The molecule has 1 saturated carbocycles. The maximum atomic E-state index is 12.8. The van der Waals surface area contributed by atoms with E-state index < -0.39 is 0 Å². The minimum Gasteiger partial charge on any atom is -0.493 e. The lowest BCUT2D eigenvalue weighted by atomic mass is 10.1. The van der Waals surface area contributed by atoms with E-state index in [1.54, 1.807) is 0 Å². The third-order valence-corrected chi connectivity index (χ3v) is 5.25. The summed E-state index contributed by atoms with van der Waals surface area (Å²) >= 11 is 0. The summed E-state index contributed by atoms with van der Waals surface area (Å²) in [5.74, 6) is 0.479. The molecule has 1 aliphatic carbocycles. The van der Waals surface area contributed by atoms with Crippen molar-refractivity contribution in [3.05, 3.63) is 58.6 Å². The summed E-state index contributed by atoms with van der Waals surface area (Å²) in [7, 11) is 0. The fraction of sp³-hybridized carbons (Fsp3) is 0.278. The van der Waals surface area contributed by atoms with Gasteiger partial charge < -0.3 is 5.11 Å². The molecule has 1 fully saturated rings.